The van der Waals surface area contributed by atoms with Crippen molar-refractivity contribution in [2.45, 2.75) is 11.3 Å². The summed E-state index contributed by atoms with van der Waals surface area (Å²) in [7, 11) is -2.81. The van der Waals surface area contributed by atoms with Crippen LogP contribution in [0.4, 0.5) is 4.39 Å². The summed E-state index contributed by atoms with van der Waals surface area (Å²) in [5, 5.41) is 0.0982. The zero-order valence-electron chi connectivity index (χ0n) is 9.44. The molecule has 0 aliphatic rings. The quantitative estimate of drug-likeness (QED) is 0.832. The van der Waals surface area contributed by atoms with Gasteiger partial charge in [0.05, 0.1) is 13.5 Å². The fraction of sp³-hybridized carbons (Fsp3) is 0.300. The van der Waals surface area contributed by atoms with Gasteiger partial charge in [-0.1, -0.05) is 11.6 Å². The number of methoxy groups -OCH3 is 1. The Kier molecular flexibility index (Phi) is 5.06. The van der Waals surface area contributed by atoms with Gasteiger partial charge in [-0.3, -0.25) is 4.79 Å². The van der Waals surface area contributed by atoms with E-state index in [-0.39, 0.29) is 18.0 Å². The molecule has 5 nitrogen and oxygen atoms in total. The molecule has 0 spiro atoms. The lowest BCUT2D eigenvalue weighted by Crippen LogP contribution is -2.27. The summed E-state index contributed by atoms with van der Waals surface area (Å²) in [5.41, 5.74) is 0. The Morgan fingerprint density at radius 1 is 1.50 bits per heavy atom. The molecule has 0 aromatic heterocycles. The molecule has 0 radical (unpaired) electrons. The van der Waals surface area contributed by atoms with Crippen molar-refractivity contribution < 1.29 is 22.3 Å². The van der Waals surface area contributed by atoms with Crippen LogP contribution in [0.25, 0.3) is 0 Å². The molecule has 1 rings (SSSR count). The SMILES string of the molecule is COC(=O)CCNS(=O)(=O)c1ccc(Cl)cc1F. The van der Waals surface area contributed by atoms with Crippen LogP contribution in [0, 0.1) is 5.82 Å². The first kappa shape index (κ1) is 14.9. The van der Waals surface area contributed by atoms with Crippen LogP contribution in [-0.2, 0) is 19.6 Å². The van der Waals surface area contributed by atoms with Gasteiger partial charge in [0.25, 0.3) is 0 Å². The molecular formula is C10H11ClFNO4S. The van der Waals surface area contributed by atoms with Gasteiger partial charge in [-0.2, -0.15) is 0 Å². The van der Waals surface area contributed by atoms with E-state index in [1.54, 1.807) is 0 Å². The number of esters is 1. The molecule has 0 heterocycles. The third-order valence-electron chi connectivity index (χ3n) is 2.03. The van der Waals surface area contributed by atoms with E-state index >= 15 is 0 Å². The first-order valence-corrected chi connectivity index (χ1v) is 6.74. The highest BCUT2D eigenvalue weighted by Crippen LogP contribution is 2.18. The predicted octanol–water partition coefficient (Wildman–Crippen LogP) is 1.32. The zero-order valence-corrected chi connectivity index (χ0v) is 11.0. The van der Waals surface area contributed by atoms with Gasteiger partial charge in [-0.25, -0.2) is 17.5 Å². The van der Waals surface area contributed by atoms with E-state index < -0.39 is 26.7 Å². The van der Waals surface area contributed by atoms with Gasteiger partial charge in [0.2, 0.25) is 10.0 Å². The van der Waals surface area contributed by atoms with Gasteiger partial charge >= 0.3 is 5.97 Å². The molecule has 0 bridgehead atoms. The fourth-order valence-electron chi connectivity index (χ4n) is 1.16. The number of nitrogens with one attached hydrogen (secondary N) is 1. The van der Waals surface area contributed by atoms with Crippen molar-refractivity contribution in [3.05, 3.63) is 29.0 Å². The van der Waals surface area contributed by atoms with E-state index in [2.05, 4.69) is 9.46 Å². The number of carbonyl (C=O) groups is 1. The molecule has 0 aliphatic carbocycles. The van der Waals surface area contributed by atoms with E-state index in [0.29, 0.717) is 0 Å². The number of hydrogen-bond donors (Lipinski definition) is 1. The normalized spacial score (nSPS) is 11.3. The average molecular weight is 296 g/mol. The second-order valence-corrected chi connectivity index (χ2v) is 5.47. The minimum atomic E-state index is -4.00. The lowest BCUT2D eigenvalue weighted by atomic mass is 10.3. The molecular weight excluding hydrogens is 285 g/mol. The van der Waals surface area contributed by atoms with E-state index in [0.717, 1.165) is 12.1 Å². The van der Waals surface area contributed by atoms with Crippen molar-refractivity contribution in [2.75, 3.05) is 13.7 Å². The highest BCUT2D eigenvalue weighted by atomic mass is 35.5. The zero-order chi connectivity index (χ0) is 13.8. The van der Waals surface area contributed by atoms with Gasteiger partial charge in [0.1, 0.15) is 10.7 Å². The minimum Gasteiger partial charge on any atom is -0.469 e. The van der Waals surface area contributed by atoms with E-state index in [1.165, 1.54) is 13.2 Å². The number of rotatable bonds is 5. The molecule has 0 amide bonds. The van der Waals surface area contributed by atoms with Crippen molar-refractivity contribution >= 4 is 27.6 Å². The molecule has 0 saturated carbocycles. The van der Waals surface area contributed by atoms with Crippen molar-refractivity contribution in [3.63, 3.8) is 0 Å². The van der Waals surface area contributed by atoms with E-state index in [9.17, 15) is 17.6 Å². The smallest absolute Gasteiger partial charge is 0.306 e. The van der Waals surface area contributed by atoms with Crippen molar-refractivity contribution in [1.82, 2.24) is 4.72 Å². The predicted molar refractivity (Wildman–Crippen MR) is 63.2 cm³/mol. The molecule has 100 valence electrons. The van der Waals surface area contributed by atoms with Crippen molar-refractivity contribution in [3.8, 4) is 0 Å². The van der Waals surface area contributed by atoms with Crippen LogP contribution in [0.15, 0.2) is 23.1 Å². The largest absolute Gasteiger partial charge is 0.469 e. The van der Waals surface area contributed by atoms with Crippen LogP contribution >= 0.6 is 11.6 Å². The van der Waals surface area contributed by atoms with Gasteiger partial charge in [0, 0.05) is 11.6 Å². The number of hydrogen-bond acceptors (Lipinski definition) is 4. The summed E-state index contributed by atoms with van der Waals surface area (Å²) in [5.74, 6) is -1.51. The standard InChI is InChI=1S/C10H11ClFNO4S/c1-17-10(14)4-5-13-18(15,16)9-3-2-7(11)6-8(9)12/h2-3,6,13H,4-5H2,1H3. The second-order valence-electron chi connectivity index (χ2n) is 3.30. The molecule has 1 N–H and O–H groups in total. The maximum absolute atomic E-state index is 13.4. The topological polar surface area (TPSA) is 72.5 Å². The number of sulfonamides is 1. The number of halogens is 2. The molecule has 8 heteroatoms. The number of ether oxygens (including phenoxy) is 1. The Bertz CT molecular complexity index is 547. The molecule has 1 aromatic rings. The summed E-state index contributed by atoms with van der Waals surface area (Å²) in [6.07, 6.45) is -0.134. The molecule has 18 heavy (non-hydrogen) atoms. The average Bonchev–Trinajstić information content (AvgIpc) is 2.27. The molecule has 0 atom stereocenters. The van der Waals surface area contributed by atoms with E-state index in [4.69, 9.17) is 11.6 Å². The Morgan fingerprint density at radius 3 is 2.72 bits per heavy atom. The molecule has 0 unspecified atom stereocenters. The minimum absolute atomic E-state index is 0.0982. The summed E-state index contributed by atoms with van der Waals surface area (Å²) in [4.78, 5) is 10.3. The highest BCUT2D eigenvalue weighted by Gasteiger charge is 2.19. The summed E-state index contributed by atoms with van der Waals surface area (Å²) >= 11 is 5.52. The summed E-state index contributed by atoms with van der Waals surface area (Å²) in [6.45, 7) is -0.170. The molecule has 0 saturated heterocycles. The Hall–Kier alpha value is -1.18. The Morgan fingerprint density at radius 2 is 2.17 bits per heavy atom. The van der Waals surface area contributed by atoms with Gasteiger partial charge in [0.15, 0.2) is 0 Å². The lowest BCUT2D eigenvalue weighted by molar-refractivity contribution is -0.140. The third kappa shape index (κ3) is 3.94. The van der Waals surface area contributed by atoms with Gasteiger partial charge < -0.3 is 4.74 Å². The third-order valence-corrected chi connectivity index (χ3v) is 3.76. The monoisotopic (exact) mass is 295 g/mol. The van der Waals surface area contributed by atoms with Gasteiger partial charge in [-0.05, 0) is 18.2 Å². The maximum atomic E-state index is 13.4. The summed E-state index contributed by atoms with van der Waals surface area (Å²) < 4.78 is 43.2. The number of carbonyl (C=O) groups excluding carboxylic acids is 1. The van der Waals surface area contributed by atoms with Crippen LogP contribution < -0.4 is 4.72 Å². The van der Waals surface area contributed by atoms with Gasteiger partial charge in [-0.15, -0.1) is 0 Å². The number of benzene rings is 1. The summed E-state index contributed by atoms with van der Waals surface area (Å²) in [6, 6.07) is 3.22. The first-order valence-electron chi connectivity index (χ1n) is 4.88. The first-order chi connectivity index (χ1) is 8.36. The highest BCUT2D eigenvalue weighted by molar-refractivity contribution is 7.89. The molecule has 0 aliphatic heterocycles. The van der Waals surface area contributed by atoms with Crippen LogP contribution in [0.2, 0.25) is 5.02 Å². The van der Waals surface area contributed by atoms with Crippen LogP contribution in [-0.4, -0.2) is 28.0 Å². The van der Waals surface area contributed by atoms with Crippen LogP contribution in [0.3, 0.4) is 0 Å². The van der Waals surface area contributed by atoms with Crippen molar-refractivity contribution in [2.24, 2.45) is 0 Å². The molecule has 1 aromatic carbocycles. The van der Waals surface area contributed by atoms with E-state index in [1.807, 2.05) is 0 Å². The van der Waals surface area contributed by atoms with Crippen LogP contribution in [0.1, 0.15) is 6.42 Å². The Labute approximate surface area is 109 Å². The van der Waals surface area contributed by atoms with Crippen LogP contribution in [0.5, 0.6) is 0 Å². The molecule has 0 fully saturated rings. The van der Waals surface area contributed by atoms with Crippen molar-refractivity contribution in [1.29, 1.82) is 0 Å². The lowest BCUT2D eigenvalue weighted by Gasteiger charge is -2.07. The fourth-order valence-corrected chi connectivity index (χ4v) is 2.41. The Balaban J connectivity index is 2.77. The second kappa shape index (κ2) is 6.12. The maximum Gasteiger partial charge on any atom is 0.306 e.